The van der Waals surface area contributed by atoms with Crippen molar-refractivity contribution in [1.29, 1.82) is 0 Å². The second-order valence-corrected chi connectivity index (χ2v) is 3.89. The van der Waals surface area contributed by atoms with E-state index in [1.807, 2.05) is 18.8 Å². The molecule has 2 rings (SSSR count). The summed E-state index contributed by atoms with van der Waals surface area (Å²) < 4.78 is 2.00. The topological polar surface area (TPSA) is 29.9 Å². The Bertz CT molecular complexity index is 471. The number of nitrogens with zero attached hydrogens (tertiary/aromatic N) is 2. The molecule has 1 aromatic carbocycles. The van der Waals surface area contributed by atoms with Crippen LogP contribution in [0.4, 0.5) is 0 Å². The van der Waals surface area contributed by atoms with Crippen molar-refractivity contribution >= 4 is 10.9 Å². The molecule has 0 amide bonds. The third-order valence-corrected chi connectivity index (χ3v) is 2.80. The lowest BCUT2D eigenvalue weighted by Crippen LogP contribution is -2.12. The fraction of sp³-hybridized carbons (Fsp3) is 0.417. The summed E-state index contributed by atoms with van der Waals surface area (Å²) in [5.41, 5.74) is 3.69. The van der Waals surface area contributed by atoms with E-state index in [2.05, 4.69) is 35.5 Å². The van der Waals surface area contributed by atoms with Gasteiger partial charge < -0.3 is 5.32 Å². The Morgan fingerprint density at radius 1 is 1.40 bits per heavy atom. The number of fused-ring (bicyclic) bond motifs is 1. The van der Waals surface area contributed by atoms with Crippen molar-refractivity contribution in [2.45, 2.75) is 13.3 Å². The van der Waals surface area contributed by atoms with Crippen LogP contribution in [0, 0.1) is 6.92 Å². The molecule has 0 aliphatic heterocycles. The van der Waals surface area contributed by atoms with Gasteiger partial charge in [0.25, 0.3) is 0 Å². The Labute approximate surface area is 90.1 Å². The molecule has 0 atom stereocenters. The monoisotopic (exact) mass is 203 g/mol. The normalized spacial score (nSPS) is 11.1. The van der Waals surface area contributed by atoms with Gasteiger partial charge in [0.05, 0.1) is 5.52 Å². The summed E-state index contributed by atoms with van der Waals surface area (Å²) in [6, 6.07) is 6.36. The highest BCUT2D eigenvalue weighted by atomic mass is 15.3. The maximum atomic E-state index is 4.55. The van der Waals surface area contributed by atoms with Gasteiger partial charge in [-0.2, -0.15) is 5.10 Å². The molecule has 0 aliphatic rings. The second kappa shape index (κ2) is 4.03. The van der Waals surface area contributed by atoms with Crippen molar-refractivity contribution in [2.24, 2.45) is 7.05 Å². The van der Waals surface area contributed by atoms with Gasteiger partial charge in [-0.25, -0.2) is 0 Å². The van der Waals surface area contributed by atoms with E-state index in [0.717, 1.165) is 18.5 Å². The maximum absolute atomic E-state index is 4.55. The average molecular weight is 203 g/mol. The minimum Gasteiger partial charge on any atom is -0.319 e. The van der Waals surface area contributed by atoms with Gasteiger partial charge in [-0.1, -0.05) is 18.2 Å². The molecule has 3 nitrogen and oxygen atoms in total. The molecule has 0 fully saturated rings. The van der Waals surface area contributed by atoms with E-state index >= 15 is 0 Å². The molecule has 1 aromatic heterocycles. The van der Waals surface area contributed by atoms with Crippen LogP contribution in [0.2, 0.25) is 0 Å². The number of hydrogen-bond acceptors (Lipinski definition) is 2. The molecule has 1 heterocycles. The van der Waals surface area contributed by atoms with E-state index < -0.39 is 0 Å². The summed E-state index contributed by atoms with van der Waals surface area (Å²) in [6.45, 7) is 3.10. The number of aryl methyl sites for hydroxylation is 2. The molecule has 80 valence electrons. The Morgan fingerprint density at radius 2 is 2.20 bits per heavy atom. The molecule has 0 bridgehead atoms. The first-order valence-electron chi connectivity index (χ1n) is 5.30. The van der Waals surface area contributed by atoms with E-state index in [4.69, 9.17) is 0 Å². The summed E-state index contributed by atoms with van der Waals surface area (Å²) in [5.74, 6) is 0. The second-order valence-electron chi connectivity index (χ2n) is 3.89. The average Bonchev–Trinajstić information content (AvgIpc) is 2.54. The zero-order valence-corrected chi connectivity index (χ0v) is 9.54. The first-order valence-corrected chi connectivity index (χ1v) is 5.30. The molecule has 0 spiro atoms. The van der Waals surface area contributed by atoms with Crippen molar-refractivity contribution < 1.29 is 0 Å². The lowest BCUT2D eigenvalue weighted by atomic mass is 10.1. The Hall–Kier alpha value is -1.35. The summed E-state index contributed by atoms with van der Waals surface area (Å²) in [7, 11) is 3.99. The molecule has 0 saturated heterocycles. The molecule has 2 aromatic rings. The van der Waals surface area contributed by atoms with Gasteiger partial charge in [-0.05, 0) is 19.5 Å². The third kappa shape index (κ3) is 1.75. The van der Waals surface area contributed by atoms with Crippen LogP contribution in [0.3, 0.4) is 0 Å². The van der Waals surface area contributed by atoms with E-state index in [9.17, 15) is 0 Å². The van der Waals surface area contributed by atoms with Crippen molar-refractivity contribution in [1.82, 2.24) is 15.1 Å². The molecular weight excluding hydrogens is 186 g/mol. The minimum atomic E-state index is 0.989. The molecule has 0 unspecified atom stereocenters. The molecule has 15 heavy (non-hydrogen) atoms. The highest BCUT2D eigenvalue weighted by molar-refractivity contribution is 5.84. The maximum Gasteiger partial charge on any atom is 0.0955 e. The lowest BCUT2D eigenvalue weighted by molar-refractivity contribution is 0.688. The Kier molecular flexibility index (Phi) is 2.73. The van der Waals surface area contributed by atoms with Crippen LogP contribution >= 0.6 is 0 Å². The van der Waals surface area contributed by atoms with Crippen molar-refractivity contribution in [3.05, 3.63) is 29.5 Å². The van der Waals surface area contributed by atoms with Crippen LogP contribution in [0.15, 0.2) is 18.2 Å². The highest BCUT2D eigenvalue weighted by Gasteiger charge is 2.09. The number of benzene rings is 1. The minimum absolute atomic E-state index is 0.989. The summed E-state index contributed by atoms with van der Waals surface area (Å²) in [5, 5.41) is 9.01. The Balaban J connectivity index is 2.53. The van der Waals surface area contributed by atoms with Gasteiger partial charge in [0.2, 0.25) is 0 Å². The summed E-state index contributed by atoms with van der Waals surface area (Å²) in [6.07, 6.45) is 1.02. The molecule has 0 saturated carbocycles. The summed E-state index contributed by atoms with van der Waals surface area (Å²) >= 11 is 0. The number of nitrogens with one attached hydrogen (secondary N) is 1. The van der Waals surface area contributed by atoms with Crippen LogP contribution < -0.4 is 5.32 Å². The molecule has 3 heteroatoms. The van der Waals surface area contributed by atoms with E-state index in [-0.39, 0.29) is 0 Å². The van der Waals surface area contributed by atoms with Gasteiger partial charge in [0.1, 0.15) is 0 Å². The van der Waals surface area contributed by atoms with Crippen LogP contribution in [0.5, 0.6) is 0 Å². The quantitative estimate of drug-likeness (QED) is 0.822. The standard InChI is InChI=1S/C12H17N3/c1-9-5-4-6-10-11(7-8-13-2)15(3)14-12(9)10/h4-6,13H,7-8H2,1-3H3. The van der Waals surface area contributed by atoms with Crippen molar-refractivity contribution in [2.75, 3.05) is 13.6 Å². The fourth-order valence-electron chi connectivity index (χ4n) is 1.95. The van der Waals surface area contributed by atoms with Crippen LogP contribution in [0.1, 0.15) is 11.3 Å². The zero-order valence-electron chi connectivity index (χ0n) is 9.54. The first kappa shape index (κ1) is 10.2. The predicted molar refractivity (Wildman–Crippen MR) is 63.1 cm³/mol. The van der Waals surface area contributed by atoms with Crippen molar-refractivity contribution in [3.63, 3.8) is 0 Å². The van der Waals surface area contributed by atoms with E-state index in [1.165, 1.54) is 16.6 Å². The van der Waals surface area contributed by atoms with Gasteiger partial charge in [-0.15, -0.1) is 0 Å². The molecule has 1 N–H and O–H groups in total. The molecule has 0 radical (unpaired) electrons. The molecular formula is C12H17N3. The van der Waals surface area contributed by atoms with Crippen LogP contribution in [0.25, 0.3) is 10.9 Å². The summed E-state index contributed by atoms with van der Waals surface area (Å²) in [4.78, 5) is 0. The first-order chi connectivity index (χ1) is 7.24. The number of aromatic nitrogens is 2. The fourth-order valence-corrected chi connectivity index (χ4v) is 1.95. The van der Waals surface area contributed by atoms with Gasteiger partial charge in [0.15, 0.2) is 0 Å². The number of likely N-dealkylation sites (N-methyl/N-ethyl adjacent to an activating group) is 1. The van der Waals surface area contributed by atoms with Crippen LogP contribution in [-0.4, -0.2) is 23.4 Å². The van der Waals surface area contributed by atoms with Crippen LogP contribution in [-0.2, 0) is 13.5 Å². The predicted octanol–water partition coefficient (Wildman–Crippen LogP) is 1.64. The van der Waals surface area contributed by atoms with Gasteiger partial charge >= 0.3 is 0 Å². The zero-order chi connectivity index (χ0) is 10.8. The van der Waals surface area contributed by atoms with E-state index in [0.29, 0.717) is 0 Å². The third-order valence-electron chi connectivity index (χ3n) is 2.80. The SMILES string of the molecule is CNCCc1c2cccc(C)c2nn1C. The lowest BCUT2D eigenvalue weighted by Gasteiger charge is -2.01. The number of hydrogen-bond donors (Lipinski definition) is 1. The van der Waals surface area contributed by atoms with Gasteiger partial charge in [-0.3, -0.25) is 4.68 Å². The Morgan fingerprint density at radius 3 is 2.93 bits per heavy atom. The smallest absolute Gasteiger partial charge is 0.0955 e. The number of rotatable bonds is 3. The highest BCUT2D eigenvalue weighted by Crippen LogP contribution is 2.20. The van der Waals surface area contributed by atoms with E-state index in [1.54, 1.807) is 0 Å². The van der Waals surface area contributed by atoms with Gasteiger partial charge in [0, 0.05) is 31.1 Å². The van der Waals surface area contributed by atoms with Crippen molar-refractivity contribution in [3.8, 4) is 0 Å². The molecule has 0 aliphatic carbocycles. The largest absolute Gasteiger partial charge is 0.319 e.